The molecule has 2 rings (SSSR count). The van der Waals surface area contributed by atoms with Crippen LogP contribution >= 0.6 is 11.3 Å². The fourth-order valence-corrected chi connectivity index (χ4v) is 3.47. The number of aromatic nitrogens is 1. The minimum Gasteiger partial charge on any atom is -0.389 e. The average Bonchev–Trinajstić information content (AvgIpc) is 2.61. The van der Waals surface area contributed by atoms with Crippen LogP contribution in [0.5, 0.6) is 0 Å². The molecule has 1 fully saturated rings. The number of hydrogen-bond donors (Lipinski definition) is 1. The second kappa shape index (κ2) is 4.60. The van der Waals surface area contributed by atoms with E-state index in [9.17, 15) is 0 Å². The van der Waals surface area contributed by atoms with Gasteiger partial charge in [-0.25, -0.2) is 4.98 Å². The zero-order valence-electron chi connectivity index (χ0n) is 11.4. The Kier molecular flexibility index (Phi) is 3.48. The lowest BCUT2D eigenvalue weighted by Crippen LogP contribution is -2.14. The lowest BCUT2D eigenvalue weighted by molar-refractivity contribution is 0.344. The summed E-state index contributed by atoms with van der Waals surface area (Å²) >= 11 is 1.68. The van der Waals surface area contributed by atoms with Gasteiger partial charge in [-0.1, -0.05) is 40.5 Å². The summed E-state index contributed by atoms with van der Waals surface area (Å²) in [7, 11) is 0. The first-order valence-electron chi connectivity index (χ1n) is 6.64. The van der Waals surface area contributed by atoms with Crippen LogP contribution in [0.3, 0.4) is 0 Å². The smallest absolute Gasteiger partial charge is 0.110 e. The van der Waals surface area contributed by atoms with E-state index in [0.717, 1.165) is 10.9 Å². The predicted octanol–water partition coefficient (Wildman–Crippen LogP) is 4.32. The second-order valence-electron chi connectivity index (χ2n) is 6.48. The molecule has 2 nitrogen and oxygen atoms in total. The fraction of sp³-hybridized carbons (Fsp3) is 0.786. The van der Waals surface area contributed by atoms with E-state index in [-0.39, 0.29) is 5.41 Å². The Bertz CT molecular complexity index is 381. The highest BCUT2D eigenvalue weighted by Gasteiger charge is 2.27. The van der Waals surface area contributed by atoms with Gasteiger partial charge in [-0.05, 0) is 18.8 Å². The Balaban J connectivity index is 2.19. The standard InChI is InChI=1S/C14H24N2S/c1-9-5-7-10(8-6-9)11-12(15)17-13(16-11)14(2,3)4/h9-10H,5-8,15H2,1-4H3. The summed E-state index contributed by atoms with van der Waals surface area (Å²) in [5.74, 6) is 1.49. The molecule has 1 aromatic rings. The highest BCUT2D eigenvalue weighted by atomic mass is 32.1. The molecular formula is C14H24N2S. The molecule has 3 heteroatoms. The van der Waals surface area contributed by atoms with Crippen molar-refractivity contribution in [2.75, 3.05) is 5.73 Å². The van der Waals surface area contributed by atoms with Crippen molar-refractivity contribution in [3.05, 3.63) is 10.7 Å². The summed E-state index contributed by atoms with van der Waals surface area (Å²) < 4.78 is 0. The maximum absolute atomic E-state index is 6.16. The predicted molar refractivity (Wildman–Crippen MR) is 75.6 cm³/mol. The molecule has 0 aliphatic heterocycles. The van der Waals surface area contributed by atoms with Gasteiger partial charge in [0.2, 0.25) is 0 Å². The summed E-state index contributed by atoms with van der Waals surface area (Å²) in [6.45, 7) is 8.97. The van der Waals surface area contributed by atoms with Crippen molar-refractivity contribution in [3.63, 3.8) is 0 Å². The van der Waals surface area contributed by atoms with Crippen molar-refractivity contribution in [2.45, 2.75) is 64.7 Å². The van der Waals surface area contributed by atoms with Crippen LogP contribution in [0.2, 0.25) is 0 Å². The molecular weight excluding hydrogens is 228 g/mol. The van der Waals surface area contributed by atoms with Gasteiger partial charge in [-0.2, -0.15) is 0 Å². The first-order valence-corrected chi connectivity index (χ1v) is 7.46. The summed E-state index contributed by atoms with van der Waals surface area (Å²) in [6, 6.07) is 0. The van der Waals surface area contributed by atoms with E-state index in [1.165, 1.54) is 36.4 Å². The summed E-state index contributed by atoms with van der Waals surface area (Å²) in [5, 5.41) is 2.14. The van der Waals surface area contributed by atoms with Gasteiger partial charge in [0, 0.05) is 11.3 Å². The molecule has 0 aromatic carbocycles. The van der Waals surface area contributed by atoms with E-state index in [4.69, 9.17) is 10.7 Å². The third kappa shape index (κ3) is 2.82. The first-order chi connectivity index (χ1) is 7.88. The van der Waals surface area contributed by atoms with Crippen LogP contribution in [0.15, 0.2) is 0 Å². The summed E-state index contributed by atoms with van der Waals surface area (Å²) in [6.07, 6.45) is 5.18. The Morgan fingerprint density at radius 2 is 1.76 bits per heavy atom. The minimum atomic E-state index is 0.124. The zero-order chi connectivity index (χ0) is 12.6. The summed E-state index contributed by atoms with van der Waals surface area (Å²) in [5.41, 5.74) is 7.47. The van der Waals surface area contributed by atoms with E-state index >= 15 is 0 Å². The molecule has 0 bridgehead atoms. The molecule has 0 atom stereocenters. The SMILES string of the molecule is CC1CCC(c2nc(C(C)(C)C)sc2N)CC1. The van der Waals surface area contributed by atoms with Crippen molar-refractivity contribution >= 4 is 16.3 Å². The number of nitrogens with zero attached hydrogens (tertiary/aromatic N) is 1. The molecule has 1 heterocycles. The topological polar surface area (TPSA) is 38.9 Å². The molecule has 1 aliphatic rings. The van der Waals surface area contributed by atoms with Gasteiger partial charge in [-0.3, -0.25) is 0 Å². The molecule has 1 aromatic heterocycles. The molecule has 1 saturated carbocycles. The molecule has 0 radical (unpaired) electrons. The monoisotopic (exact) mass is 252 g/mol. The fourth-order valence-electron chi connectivity index (χ4n) is 2.49. The number of anilines is 1. The van der Waals surface area contributed by atoms with Gasteiger partial charge in [0.05, 0.1) is 5.69 Å². The second-order valence-corrected chi connectivity index (χ2v) is 7.51. The van der Waals surface area contributed by atoms with Crippen molar-refractivity contribution in [2.24, 2.45) is 5.92 Å². The molecule has 17 heavy (non-hydrogen) atoms. The third-order valence-corrected chi connectivity index (χ3v) is 5.05. The van der Waals surface area contributed by atoms with Gasteiger partial charge in [0.15, 0.2) is 0 Å². The van der Waals surface area contributed by atoms with E-state index in [2.05, 4.69) is 27.7 Å². The van der Waals surface area contributed by atoms with Gasteiger partial charge in [-0.15, -0.1) is 11.3 Å². The molecule has 0 spiro atoms. The molecule has 0 amide bonds. The Hall–Kier alpha value is -0.570. The van der Waals surface area contributed by atoms with Crippen molar-refractivity contribution in [1.29, 1.82) is 0 Å². The van der Waals surface area contributed by atoms with Crippen LogP contribution in [0.25, 0.3) is 0 Å². The molecule has 0 saturated heterocycles. The summed E-state index contributed by atoms with van der Waals surface area (Å²) in [4.78, 5) is 4.82. The van der Waals surface area contributed by atoms with E-state index in [1.807, 2.05) is 0 Å². The van der Waals surface area contributed by atoms with Crippen molar-refractivity contribution in [1.82, 2.24) is 4.98 Å². The largest absolute Gasteiger partial charge is 0.389 e. The zero-order valence-corrected chi connectivity index (χ0v) is 12.2. The van der Waals surface area contributed by atoms with Gasteiger partial charge in [0.1, 0.15) is 10.0 Å². The number of thiazole rings is 1. The number of nitrogen functional groups attached to an aromatic ring is 1. The normalized spacial score (nSPS) is 26.1. The van der Waals surface area contributed by atoms with Gasteiger partial charge >= 0.3 is 0 Å². The average molecular weight is 252 g/mol. The van der Waals surface area contributed by atoms with Crippen molar-refractivity contribution in [3.8, 4) is 0 Å². The molecule has 96 valence electrons. The highest BCUT2D eigenvalue weighted by molar-refractivity contribution is 7.15. The van der Waals surface area contributed by atoms with E-state index in [1.54, 1.807) is 11.3 Å². The Labute approximate surface area is 109 Å². The number of nitrogens with two attached hydrogens (primary N) is 1. The molecule has 2 N–H and O–H groups in total. The molecule has 1 aliphatic carbocycles. The quantitative estimate of drug-likeness (QED) is 0.808. The number of rotatable bonds is 1. The van der Waals surface area contributed by atoms with Crippen LogP contribution in [0.1, 0.15) is 70.0 Å². The Morgan fingerprint density at radius 1 is 1.18 bits per heavy atom. The lowest BCUT2D eigenvalue weighted by Gasteiger charge is -2.25. The third-order valence-electron chi connectivity index (χ3n) is 3.73. The maximum atomic E-state index is 6.16. The van der Waals surface area contributed by atoms with Gasteiger partial charge in [0.25, 0.3) is 0 Å². The highest BCUT2D eigenvalue weighted by Crippen LogP contribution is 2.41. The van der Waals surface area contributed by atoms with Crippen LogP contribution in [0.4, 0.5) is 5.00 Å². The van der Waals surface area contributed by atoms with E-state index in [0.29, 0.717) is 5.92 Å². The maximum Gasteiger partial charge on any atom is 0.110 e. The van der Waals surface area contributed by atoms with E-state index < -0.39 is 0 Å². The van der Waals surface area contributed by atoms with Crippen LogP contribution in [0, 0.1) is 5.92 Å². The van der Waals surface area contributed by atoms with Crippen LogP contribution < -0.4 is 5.73 Å². The first kappa shape index (κ1) is 12.9. The van der Waals surface area contributed by atoms with Crippen LogP contribution in [-0.2, 0) is 5.41 Å². The van der Waals surface area contributed by atoms with Crippen LogP contribution in [-0.4, -0.2) is 4.98 Å². The number of hydrogen-bond acceptors (Lipinski definition) is 3. The molecule has 0 unspecified atom stereocenters. The minimum absolute atomic E-state index is 0.124. The lowest BCUT2D eigenvalue weighted by atomic mass is 9.81. The van der Waals surface area contributed by atoms with Gasteiger partial charge < -0.3 is 5.73 Å². The Morgan fingerprint density at radius 3 is 2.24 bits per heavy atom. The van der Waals surface area contributed by atoms with Crippen molar-refractivity contribution < 1.29 is 0 Å².